The van der Waals surface area contributed by atoms with Crippen molar-refractivity contribution >= 4 is 28.8 Å². The van der Waals surface area contributed by atoms with Crippen molar-refractivity contribution in [3.05, 3.63) is 69.1 Å². The molecule has 2 rings (SSSR count). The Morgan fingerprint density at radius 2 is 2.08 bits per heavy atom. The van der Waals surface area contributed by atoms with Crippen molar-refractivity contribution in [2.75, 3.05) is 0 Å². The van der Waals surface area contributed by atoms with Gasteiger partial charge in [-0.25, -0.2) is 14.2 Å². The van der Waals surface area contributed by atoms with Crippen LogP contribution in [0.3, 0.4) is 0 Å². The number of nitrogens with one attached hydrogen (secondary N) is 1. The van der Waals surface area contributed by atoms with Gasteiger partial charge < -0.3 is 10.4 Å². The van der Waals surface area contributed by atoms with Crippen molar-refractivity contribution < 1.29 is 19.1 Å². The zero-order valence-electron chi connectivity index (χ0n) is 14.0. The molecule has 130 valence electrons. The maximum atomic E-state index is 13.3. The summed E-state index contributed by atoms with van der Waals surface area (Å²) in [4.78, 5) is 28.3. The number of aliphatic carboxylic acids is 1. The van der Waals surface area contributed by atoms with Crippen LogP contribution in [-0.4, -0.2) is 22.0 Å². The van der Waals surface area contributed by atoms with Gasteiger partial charge >= 0.3 is 5.97 Å². The largest absolute Gasteiger partial charge is 0.478 e. The van der Waals surface area contributed by atoms with E-state index in [4.69, 9.17) is 0 Å². The smallest absolute Gasteiger partial charge is 0.338 e. The first-order chi connectivity index (χ1) is 11.8. The van der Waals surface area contributed by atoms with Gasteiger partial charge in [0.15, 0.2) is 0 Å². The van der Waals surface area contributed by atoms with Crippen molar-refractivity contribution in [2.45, 2.75) is 20.8 Å². The lowest BCUT2D eigenvalue weighted by atomic mass is 10.0. The Labute approximate surface area is 148 Å². The van der Waals surface area contributed by atoms with Crippen LogP contribution in [0.4, 0.5) is 4.39 Å². The van der Waals surface area contributed by atoms with E-state index < -0.39 is 17.7 Å². The van der Waals surface area contributed by atoms with E-state index >= 15 is 0 Å². The number of carboxylic acids is 1. The highest BCUT2D eigenvalue weighted by Crippen LogP contribution is 2.28. The molecule has 5 nitrogen and oxygen atoms in total. The predicted molar refractivity (Wildman–Crippen MR) is 94.7 cm³/mol. The molecule has 25 heavy (non-hydrogen) atoms. The van der Waals surface area contributed by atoms with E-state index in [1.807, 2.05) is 12.3 Å². The van der Waals surface area contributed by atoms with Gasteiger partial charge in [0.2, 0.25) is 0 Å². The Bertz CT molecular complexity index is 884. The number of amides is 1. The minimum Gasteiger partial charge on any atom is -0.478 e. The fourth-order valence-electron chi connectivity index (χ4n) is 2.26. The van der Waals surface area contributed by atoms with Gasteiger partial charge in [-0.15, -0.1) is 11.3 Å². The van der Waals surface area contributed by atoms with Crippen LogP contribution in [0, 0.1) is 12.7 Å². The summed E-state index contributed by atoms with van der Waals surface area (Å²) in [7, 11) is 0. The van der Waals surface area contributed by atoms with E-state index in [1.165, 1.54) is 36.5 Å². The van der Waals surface area contributed by atoms with E-state index in [-0.39, 0.29) is 16.8 Å². The molecule has 2 N–H and O–H groups in total. The molecule has 0 fully saturated rings. The molecule has 7 heteroatoms. The van der Waals surface area contributed by atoms with Gasteiger partial charge in [0.25, 0.3) is 5.91 Å². The van der Waals surface area contributed by atoms with Gasteiger partial charge in [-0.3, -0.25) is 4.79 Å². The summed E-state index contributed by atoms with van der Waals surface area (Å²) in [6, 6.07) is 5.18. The topological polar surface area (TPSA) is 79.3 Å². The summed E-state index contributed by atoms with van der Waals surface area (Å²) >= 11 is 1.32. The number of allylic oxidation sites excluding steroid dienone is 2. The first-order valence-corrected chi connectivity index (χ1v) is 8.31. The van der Waals surface area contributed by atoms with Crippen LogP contribution in [0.5, 0.6) is 0 Å². The van der Waals surface area contributed by atoms with Crippen LogP contribution in [0.25, 0.3) is 5.57 Å². The van der Waals surface area contributed by atoms with Crippen LogP contribution in [0.15, 0.2) is 47.0 Å². The molecule has 0 saturated carbocycles. The third-order valence-electron chi connectivity index (χ3n) is 3.38. The number of hydrogen-bond donors (Lipinski definition) is 2. The standard InChI is InChI=1S/C18H17FN2O3S/c1-4-14(17-20-10(2)9-25-17)15(18(23)24)11(3)21-16(22)12-6-5-7-13(19)8-12/h4-9H,1-3H3,(H,21,22)(H,23,24)/b14-4+,15-11-. The number of hydrogen-bond acceptors (Lipinski definition) is 4. The number of thiazole rings is 1. The number of carboxylic acid groups (broad SMARTS) is 1. The normalized spacial score (nSPS) is 12.6. The lowest BCUT2D eigenvalue weighted by molar-refractivity contribution is -0.132. The van der Waals surface area contributed by atoms with Crippen molar-refractivity contribution in [2.24, 2.45) is 0 Å². The molecule has 0 bridgehead atoms. The van der Waals surface area contributed by atoms with Gasteiger partial charge in [0.05, 0.1) is 5.57 Å². The molecule has 0 aliphatic rings. The average Bonchev–Trinajstić information content (AvgIpc) is 2.97. The second kappa shape index (κ2) is 7.85. The second-order valence-electron chi connectivity index (χ2n) is 5.27. The number of rotatable bonds is 5. The van der Waals surface area contributed by atoms with E-state index in [0.29, 0.717) is 10.6 Å². The summed E-state index contributed by atoms with van der Waals surface area (Å²) in [6.45, 7) is 5.01. The first kappa shape index (κ1) is 18.5. The number of carbonyl (C=O) groups is 2. The minimum absolute atomic E-state index is 0.0541. The summed E-state index contributed by atoms with van der Waals surface area (Å²) in [5.41, 5.74) is 1.41. The zero-order chi connectivity index (χ0) is 18.6. The Hall–Kier alpha value is -2.80. The molecule has 0 aliphatic carbocycles. The summed E-state index contributed by atoms with van der Waals surface area (Å²) < 4.78 is 13.3. The SMILES string of the molecule is C/C=C(\C(C(=O)O)=C(/C)NC(=O)c1cccc(F)c1)c1nc(C)cs1. The summed E-state index contributed by atoms with van der Waals surface area (Å²) in [6.07, 6.45) is 1.64. The Balaban J connectivity index is 2.39. The molecule has 0 atom stereocenters. The molecule has 1 aromatic carbocycles. The molecule has 0 radical (unpaired) electrons. The fourth-order valence-corrected chi connectivity index (χ4v) is 3.14. The minimum atomic E-state index is -1.18. The van der Waals surface area contributed by atoms with Gasteiger partial charge in [-0.2, -0.15) is 0 Å². The molecule has 1 aromatic heterocycles. The van der Waals surface area contributed by atoms with Crippen molar-refractivity contribution in [1.82, 2.24) is 10.3 Å². The van der Waals surface area contributed by atoms with Crippen molar-refractivity contribution in [3.63, 3.8) is 0 Å². The molecule has 1 heterocycles. The zero-order valence-corrected chi connectivity index (χ0v) is 14.8. The van der Waals surface area contributed by atoms with Gasteiger partial charge in [0, 0.05) is 27.9 Å². The number of carbonyl (C=O) groups excluding carboxylic acids is 1. The third-order valence-corrected chi connectivity index (χ3v) is 4.38. The molecular formula is C18H17FN2O3S. The molecule has 0 spiro atoms. The molecular weight excluding hydrogens is 343 g/mol. The van der Waals surface area contributed by atoms with Crippen LogP contribution in [0.1, 0.15) is 34.9 Å². The number of nitrogens with zero attached hydrogens (tertiary/aromatic N) is 1. The van der Waals surface area contributed by atoms with Gasteiger partial charge in [0.1, 0.15) is 10.8 Å². The van der Waals surface area contributed by atoms with Crippen molar-refractivity contribution in [1.29, 1.82) is 0 Å². The van der Waals surface area contributed by atoms with E-state index in [9.17, 15) is 19.1 Å². The first-order valence-electron chi connectivity index (χ1n) is 7.43. The maximum absolute atomic E-state index is 13.3. The highest BCUT2D eigenvalue weighted by Gasteiger charge is 2.21. The lowest BCUT2D eigenvalue weighted by Gasteiger charge is -2.12. The quantitative estimate of drug-likeness (QED) is 0.628. The van der Waals surface area contributed by atoms with Crippen LogP contribution < -0.4 is 5.32 Å². The second-order valence-corrected chi connectivity index (χ2v) is 6.12. The number of halogens is 1. The highest BCUT2D eigenvalue weighted by molar-refractivity contribution is 7.11. The molecule has 1 amide bonds. The number of aromatic nitrogens is 1. The van der Waals surface area contributed by atoms with E-state index in [0.717, 1.165) is 11.8 Å². The molecule has 0 aliphatic heterocycles. The van der Waals surface area contributed by atoms with Crippen LogP contribution in [-0.2, 0) is 4.79 Å². The molecule has 2 aromatic rings. The van der Waals surface area contributed by atoms with Gasteiger partial charge in [-0.1, -0.05) is 12.1 Å². The van der Waals surface area contributed by atoms with Crippen molar-refractivity contribution in [3.8, 4) is 0 Å². The number of benzene rings is 1. The lowest BCUT2D eigenvalue weighted by Crippen LogP contribution is -2.24. The van der Waals surface area contributed by atoms with E-state index in [1.54, 1.807) is 13.0 Å². The molecule has 0 saturated heterocycles. The summed E-state index contributed by atoms with van der Waals surface area (Å²) in [5, 5.41) is 14.5. The number of aryl methyl sites for hydroxylation is 1. The third kappa shape index (κ3) is 4.39. The fraction of sp³-hybridized carbons (Fsp3) is 0.167. The van der Waals surface area contributed by atoms with Crippen LogP contribution in [0.2, 0.25) is 0 Å². The Kier molecular flexibility index (Phi) is 5.82. The average molecular weight is 360 g/mol. The predicted octanol–water partition coefficient (Wildman–Crippen LogP) is 3.78. The maximum Gasteiger partial charge on any atom is 0.338 e. The Morgan fingerprint density at radius 1 is 1.36 bits per heavy atom. The summed E-state index contributed by atoms with van der Waals surface area (Å²) in [5.74, 6) is -2.31. The molecule has 0 unspecified atom stereocenters. The highest BCUT2D eigenvalue weighted by atomic mass is 32.1. The van der Waals surface area contributed by atoms with Gasteiger partial charge in [-0.05, 0) is 39.0 Å². The monoisotopic (exact) mass is 360 g/mol. The Morgan fingerprint density at radius 3 is 2.60 bits per heavy atom. The van der Waals surface area contributed by atoms with Crippen LogP contribution >= 0.6 is 11.3 Å². The van der Waals surface area contributed by atoms with E-state index in [2.05, 4.69) is 10.3 Å².